The van der Waals surface area contributed by atoms with E-state index in [1.807, 2.05) is 12.1 Å². The third-order valence-corrected chi connectivity index (χ3v) is 6.88. The van der Waals surface area contributed by atoms with E-state index < -0.39 is 5.97 Å². The molecule has 2 aliphatic rings. The van der Waals surface area contributed by atoms with Crippen LogP contribution < -0.4 is 14.5 Å². The maximum Gasteiger partial charge on any atom is 0.330 e. The summed E-state index contributed by atoms with van der Waals surface area (Å²) < 4.78 is 11.5. The zero-order valence-electron chi connectivity index (χ0n) is 19.6. The van der Waals surface area contributed by atoms with Gasteiger partial charge in [-0.25, -0.2) is 4.79 Å². The lowest BCUT2D eigenvalue weighted by Crippen LogP contribution is -2.25. The van der Waals surface area contributed by atoms with Crippen molar-refractivity contribution in [2.45, 2.75) is 26.7 Å². The first-order valence-corrected chi connectivity index (χ1v) is 12.5. The summed E-state index contributed by atoms with van der Waals surface area (Å²) in [6.07, 6.45) is 4.54. The Morgan fingerprint density at radius 3 is 2.03 bits per heavy atom. The van der Waals surface area contributed by atoms with Crippen LogP contribution in [-0.2, 0) is 32.0 Å². The van der Waals surface area contributed by atoms with Gasteiger partial charge >= 0.3 is 5.97 Å². The first-order chi connectivity index (χ1) is 16.6. The van der Waals surface area contributed by atoms with Crippen LogP contribution in [0.3, 0.4) is 0 Å². The van der Waals surface area contributed by atoms with Crippen molar-refractivity contribution >= 4 is 61.0 Å². The maximum absolute atomic E-state index is 11.5. The second kappa shape index (κ2) is 11.7. The van der Waals surface area contributed by atoms with Gasteiger partial charge in [-0.05, 0) is 86.2 Å². The minimum atomic E-state index is -0.413. The molecule has 0 fully saturated rings. The Hall–Kier alpha value is -2.85. The molecule has 35 heavy (non-hydrogen) atoms. The number of amides is 2. The van der Waals surface area contributed by atoms with Crippen LogP contribution in [0, 0.1) is 0 Å². The number of carbonyl (C=O) groups excluding carboxylic acids is 3. The third kappa shape index (κ3) is 6.43. The highest BCUT2D eigenvalue weighted by atomic mass is 79.9. The molecule has 2 heterocycles. The van der Waals surface area contributed by atoms with E-state index in [9.17, 15) is 19.5 Å². The first-order valence-electron chi connectivity index (χ1n) is 10.9. The number of methoxy groups -OCH3 is 1. The zero-order chi connectivity index (χ0) is 25.7. The first kappa shape index (κ1) is 26.7. The molecule has 0 radical (unpaired) electrons. The van der Waals surface area contributed by atoms with Crippen molar-refractivity contribution in [1.82, 2.24) is 0 Å². The molecular formula is C25H26Br2N2O6. The Morgan fingerprint density at radius 1 is 0.943 bits per heavy atom. The average molecular weight is 610 g/mol. The number of carbonyl (C=O) groups is 3. The summed E-state index contributed by atoms with van der Waals surface area (Å²) in [7, 11) is 1.32. The quantitative estimate of drug-likeness (QED) is 0.404. The van der Waals surface area contributed by atoms with Crippen LogP contribution in [0.25, 0.3) is 0 Å². The van der Waals surface area contributed by atoms with Crippen LogP contribution in [0.15, 0.2) is 45.4 Å². The van der Waals surface area contributed by atoms with Crippen molar-refractivity contribution in [2.24, 2.45) is 0 Å². The molecule has 8 nitrogen and oxygen atoms in total. The van der Waals surface area contributed by atoms with Gasteiger partial charge in [0.25, 0.3) is 0 Å². The fourth-order valence-corrected chi connectivity index (χ4v) is 4.68. The van der Waals surface area contributed by atoms with Gasteiger partial charge in [-0.2, -0.15) is 0 Å². The zero-order valence-corrected chi connectivity index (χ0v) is 22.8. The van der Waals surface area contributed by atoms with Crippen LogP contribution in [0.1, 0.15) is 25.0 Å². The number of phenols is 1. The van der Waals surface area contributed by atoms with Crippen LogP contribution in [0.5, 0.6) is 11.5 Å². The molecule has 0 saturated heterocycles. The lowest BCUT2D eigenvalue weighted by atomic mass is 10.1. The minimum absolute atomic E-state index is 0.0373. The Balaban J connectivity index is 0.000000211. The summed E-state index contributed by atoms with van der Waals surface area (Å²) in [6, 6.07) is 7.32. The van der Waals surface area contributed by atoms with Crippen LogP contribution in [0.4, 0.5) is 11.4 Å². The molecule has 1 N–H and O–H groups in total. The van der Waals surface area contributed by atoms with E-state index in [-0.39, 0.29) is 24.2 Å². The SMILES string of the molecule is CC(=O)N1CCc2cc(O)c(Br)cc21.COC(=O)/C=C/COc1cc2c(cc1Br)N(C(C)=O)CC2. The van der Waals surface area contributed by atoms with Crippen LogP contribution in [0.2, 0.25) is 0 Å². The van der Waals surface area contributed by atoms with E-state index in [4.69, 9.17) is 4.74 Å². The molecular weight excluding hydrogens is 584 g/mol. The predicted octanol–water partition coefficient (Wildman–Crippen LogP) is 4.53. The molecule has 0 aliphatic carbocycles. The summed E-state index contributed by atoms with van der Waals surface area (Å²) in [5.74, 6) is 0.586. The van der Waals surface area contributed by atoms with Gasteiger partial charge in [-0.15, -0.1) is 0 Å². The number of fused-ring (bicyclic) bond motifs is 2. The van der Waals surface area contributed by atoms with Gasteiger partial charge in [0.2, 0.25) is 11.8 Å². The Labute approximate surface area is 220 Å². The number of ether oxygens (including phenoxy) is 2. The number of nitrogens with zero attached hydrogens (tertiary/aromatic N) is 2. The number of halogens is 2. The largest absolute Gasteiger partial charge is 0.507 e. The molecule has 0 aromatic heterocycles. The minimum Gasteiger partial charge on any atom is -0.507 e. The van der Waals surface area contributed by atoms with Crippen molar-refractivity contribution in [1.29, 1.82) is 0 Å². The van der Waals surface area contributed by atoms with Crippen molar-refractivity contribution in [2.75, 3.05) is 36.6 Å². The van der Waals surface area contributed by atoms with E-state index in [0.717, 1.165) is 39.8 Å². The normalized spacial score (nSPS) is 13.7. The lowest BCUT2D eigenvalue weighted by Gasteiger charge is -2.16. The molecule has 0 bridgehead atoms. The Kier molecular flexibility index (Phi) is 8.96. The molecule has 4 rings (SSSR count). The monoisotopic (exact) mass is 608 g/mol. The lowest BCUT2D eigenvalue weighted by molar-refractivity contribution is -0.134. The molecule has 2 amide bonds. The molecule has 10 heteroatoms. The van der Waals surface area contributed by atoms with E-state index in [0.29, 0.717) is 23.3 Å². The van der Waals surface area contributed by atoms with E-state index >= 15 is 0 Å². The highest BCUT2D eigenvalue weighted by Crippen LogP contribution is 2.38. The summed E-state index contributed by atoms with van der Waals surface area (Å²) in [5, 5.41) is 9.46. The van der Waals surface area contributed by atoms with Gasteiger partial charge in [0.05, 0.1) is 16.1 Å². The number of rotatable bonds is 4. The van der Waals surface area contributed by atoms with Crippen molar-refractivity contribution in [3.8, 4) is 11.5 Å². The number of hydrogen-bond acceptors (Lipinski definition) is 6. The van der Waals surface area contributed by atoms with Gasteiger partial charge in [-0.1, -0.05) is 0 Å². The van der Waals surface area contributed by atoms with Gasteiger partial charge in [-0.3, -0.25) is 9.59 Å². The molecule has 0 atom stereocenters. The Bertz CT molecular complexity index is 1180. The van der Waals surface area contributed by atoms with Crippen molar-refractivity contribution in [3.63, 3.8) is 0 Å². The van der Waals surface area contributed by atoms with Crippen molar-refractivity contribution < 1.29 is 29.0 Å². The second-order valence-electron chi connectivity index (χ2n) is 7.92. The molecule has 0 saturated carbocycles. The predicted molar refractivity (Wildman–Crippen MR) is 140 cm³/mol. The molecule has 186 valence electrons. The molecule has 2 aliphatic heterocycles. The fraction of sp³-hybridized carbons (Fsp3) is 0.320. The van der Waals surface area contributed by atoms with Crippen LogP contribution in [-0.4, -0.2) is 49.7 Å². The number of aromatic hydroxyl groups is 1. The summed E-state index contributed by atoms with van der Waals surface area (Å²) >= 11 is 6.68. The number of phenolic OH excluding ortho intramolecular Hbond substituents is 1. The van der Waals surface area contributed by atoms with Crippen LogP contribution >= 0.6 is 31.9 Å². The number of anilines is 2. The van der Waals surface area contributed by atoms with Gasteiger partial charge < -0.3 is 24.4 Å². The van der Waals surface area contributed by atoms with Crippen molar-refractivity contribution in [3.05, 3.63) is 56.5 Å². The average Bonchev–Trinajstić information content (AvgIpc) is 3.41. The van der Waals surface area contributed by atoms with Gasteiger partial charge in [0.1, 0.15) is 18.1 Å². The maximum atomic E-state index is 11.5. The van der Waals surface area contributed by atoms with E-state index in [1.165, 1.54) is 13.2 Å². The fourth-order valence-electron chi connectivity index (χ4n) is 3.90. The van der Waals surface area contributed by atoms with Gasteiger partial charge in [0.15, 0.2) is 0 Å². The smallest absolute Gasteiger partial charge is 0.330 e. The molecule has 2 aromatic rings. The highest BCUT2D eigenvalue weighted by Gasteiger charge is 2.24. The molecule has 0 unspecified atom stereocenters. The number of esters is 1. The van der Waals surface area contributed by atoms with E-state index in [2.05, 4.69) is 36.6 Å². The van der Waals surface area contributed by atoms with Gasteiger partial charge in [0, 0.05) is 44.4 Å². The van der Waals surface area contributed by atoms with E-state index in [1.54, 1.807) is 41.9 Å². The Morgan fingerprint density at radius 2 is 1.49 bits per heavy atom. The third-order valence-electron chi connectivity index (χ3n) is 5.62. The molecule has 0 spiro atoms. The standard InChI is InChI=1S/C15H16BrNO4.C10H10BrNO2/c1-10(18)17-6-5-11-8-14(12(16)9-13(11)17)21-7-3-4-15(19)20-2;1-6(13)12-3-2-7-4-10(14)8(11)5-9(7)12/h3-4,8-9H,5-7H2,1-2H3;4-5,14H,2-3H2,1H3/b4-3+;. The number of benzene rings is 2. The summed E-state index contributed by atoms with van der Waals surface area (Å²) in [5.41, 5.74) is 3.94. The highest BCUT2D eigenvalue weighted by molar-refractivity contribution is 9.10. The topological polar surface area (TPSA) is 96.4 Å². The second-order valence-corrected chi connectivity index (χ2v) is 9.63. The molecule has 2 aromatic carbocycles. The summed E-state index contributed by atoms with van der Waals surface area (Å²) in [4.78, 5) is 37.2. The number of hydrogen-bond donors (Lipinski definition) is 1. The summed E-state index contributed by atoms with van der Waals surface area (Å²) in [6.45, 7) is 4.78.